The van der Waals surface area contributed by atoms with Crippen LogP contribution < -0.4 is 4.74 Å². The minimum atomic E-state index is -0.528. The van der Waals surface area contributed by atoms with Gasteiger partial charge in [0.1, 0.15) is 5.75 Å². The molecule has 0 bridgehead atoms. The molecule has 18 heavy (non-hydrogen) atoms. The summed E-state index contributed by atoms with van der Waals surface area (Å²) in [6.07, 6.45) is 0. The Hall–Kier alpha value is -2.42. The number of carbonyl (C=O) groups is 2. The number of Topliss-reactive ketones (excluding diaryl/α,β-unsaturated/α-hetero) is 2. The average Bonchev–Trinajstić information content (AvgIpc) is 2.46. The number of carbonyl (C=O) groups excluding carboxylic acids is 2. The smallest absolute Gasteiger partial charge is 0.233 e. The summed E-state index contributed by atoms with van der Waals surface area (Å²) in [6.45, 7) is 0. The number of ketones is 2. The number of hydrogen-bond acceptors (Lipinski definition) is 3. The fraction of sp³-hybridized carbons (Fsp3) is 0.0667. The molecule has 2 aromatic carbocycles. The molecular weight excluding hydrogens is 228 g/mol. The maximum absolute atomic E-state index is 12.0. The molecule has 3 heteroatoms. The standard InChI is InChI=1S/C15H12O3/c1-18-13-9-5-8-12(10-13)15(17)14(16)11-6-3-2-4-7-11/h2-10H,1H3. The fourth-order valence-corrected chi connectivity index (χ4v) is 1.62. The number of methoxy groups -OCH3 is 1. The molecule has 0 spiro atoms. The summed E-state index contributed by atoms with van der Waals surface area (Å²) < 4.78 is 5.03. The molecule has 0 radical (unpaired) electrons. The van der Waals surface area contributed by atoms with Gasteiger partial charge in [0.15, 0.2) is 0 Å². The van der Waals surface area contributed by atoms with Crippen LogP contribution in [-0.2, 0) is 0 Å². The van der Waals surface area contributed by atoms with E-state index in [0.717, 1.165) is 0 Å². The van der Waals surface area contributed by atoms with Gasteiger partial charge in [0, 0.05) is 11.1 Å². The van der Waals surface area contributed by atoms with E-state index in [1.165, 1.54) is 7.11 Å². The highest BCUT2D eigenvalue weighted by atomic mass is 16.5. The highest BCUT2D eigenvalue weighted by molar-refractivity contribution is 6.49. The molecule has 0 aliphatic carbocycles. The van der Waals surface area contributed by atoms with Crippen molar-refractivity contribution in [2.45, 2.75) is 0 Å². The van der Waals surface area contributed by atoms with Crippen molar-refractivity contribution in [2.75, 3.05) is 7.11 Å². The third-order valence-electron chi connectivity index (χ3n) is 2.57. The topological polar surface area (TPSA) is 43.4 Å². The van der Waals surface area contributed by atoms with Crippen molar-refractivity contribution in [1.29, 1.82) is 0 Å². The van der Waals surface area contributed by atoms with Gasteiger partial charge in [-0.1, -0.05) is 42.5 Å². The van der Waals surface area contributed by atoms with Crippen LogP contribution in [0.4, 0.5) is 0 Å². The normalized spacial score (nSPS) is 9.83. The zero-order valence-electron chi connectivity index (χ0n) is 9.92. The lowest BCUT2D eigenvalue weighted by Crippen LogP contribution is -2.14. The number of rotatable bonds is 4. The summed E-state index contributed by atoms with van der Waals surface area (Å²) in [5, 5.41) is 0. The fourth-order valence-electron chi connectivity index (χ4n) is 1.62. The van der Waals surface area contributed by atoms with Gasteiger partial charge in [-0.3, -0.25) is 9.59 Å². The van der Waals surface area contributed by atoms with Gasteiger partial charge in [-0.15, -0.1) is 0 Å². The Bertz CT molecular complexity index is 573. The monoisotopic (exact) mass is 240 g/mol. The van der Waals surface area contributed by atoms with Crippen LogP contribution in [0, 0.1) is 0 Å². The van der Waals surface area contributed by atoms with Gasteiger partial charge in [-0.25, -0.2) is 0 Å². The Balaban J connectivity index is 2.29. The summed E-state index contributed by atoms with van der Waals surface area (Å²) in [5.74, 6) is -0.481. The van der Waals surface area contributed by atoms with Crippen LogP contribution in [0.25, 0.3) is 0 Å². The van der Waals surface area contributed by atoms with Crippen LogP contribution in [0.1, 0.15) is 20.7 Å². The van der Waals surface area contributed by atoms with Gasteiger partial charge in [0.05, 0.1) is 7.11 Å². The van der Waals surface area contributed by atoms with Crippen LogP contribution in [0.5, 0.6) is 5.75 Å². The molecule has 0 aliphatic heterocycles. The lowest BCUT2D eigenvalue weighted by atomic mass is 10.0. The molecule has 0 atom stereocenters. The van der Waals surface area contributed by atoms with Crippen LogP contribution >= 0.6 is 0 Å². The molecule has 0 N–H and O–H groups in total. The largest absolute Gasteiger partial charge is 0.497 e. The van der Waals surface area contributed by atoms with E-state index in [-0.39, 0.29) is 0 Å². The van der Waals surface area contributed by atoms with Crippen molar-refractivity contribution in [3.05, 3.63) is 65.7 Å². The van der Waals surface area contributed by atoms with Gasteiger partial charge in [0.25, 0.3) is 0 Å². The molecule has 0 fully saturated rings. The first-order valence-corrected chi connectivity index (χ1v) is 5.50. The minimum Gasteiger partial charge on any atom is -0.497 e. The van der Waals surface area contributed by atoms with E-state index in [1.807, 2.05) is 0 Å². The highest BCUT2D eigenvalue weighted by Gasteiger charge is 2.18. The molecule has 0 aromatic heterocycles. The summed E-state index contributed by atoms with van der Waals surface area (Å²) in [5.41, 5.74) is 0.730. The number of hydrogen-bond donors (Lipinski definition) is 0. The van der Waals surface area contributed by atoms with E-state index in [4.69, 9.17) is 4.74 Å². The molecule has 2 aromatic rings. The summed E-state index contributed by atoms with van der Waals surface area (Å²) in [7, 11) is 1.52. The first kappa shape index (κ1) is 12.0. The van der Waals surface area contributed by atoms with E-state index >= 15 is 0 Å². The van der Waals surface area contributed by atoms with Gasteiger partial charge in [0.2, 0.25) is 11.6 Å². The molecule has 0 saturated heterocycles. The van der Waals surface area contributed by atoms with Crippen molar-refractivity contribution in [3.8, 4) is 5.75 Å². The quantitative estimate of drug-likeness (QED) is 0.609. The molecule has 2 rings (SSSR count). The predicted octanol–water partition coefficient (Wildman–Crippen LogP) is 2.76. The predicted molar refractivity (Wildman–Crippen MR) is 68.1 cm³/mol. The van der Waals surface area contributed by atoms with E-state index in [2.05, 4.69) is 0 Å². The van der Waals surface area contributed by atoms with Crippen LogP contribution in [0.2, 0.25) is 0 Å². The first-order valence-electron chi connectivity index (χ1n) is 5.50. The zero-order valence-corrected chi connectivity index (χ0v) is 9.92. The second-order valence-electron chi connectivity index (χ2n) is 3.76. The van der Waals surface area contributed by atoms with Gasteiger partial charge in [-0.05, 0) is 12.1 Å². The second kappa shape index (κ2) is 5.27. The highest BCUT2D eigenvalue weighted by Crippen LogP contribution is 2.14. The van der Waals surface area contributed by atoms with Crippen LogP contribution in [-0.4, -0.2) is 18.7 Å². The number of ether oxygens (including phenoxy) is 1. The van der Waals surface area contributed by atoms with Crippen molar-refractivity contribution in [3.63, 3.8) is 0 Å². The van der Waals surface area contributed by atoms with E-state index in [0.29, 0.717) is 16.9 Å². The van der Waals surface area contributed by atoms with E-state index in [9.17, 15) is 9.59 Å². The summed E-state index contributed by atoms with van der Waals surface area (Å²) in [6, 6.07) is 15.1. The molecule has 90 valence electrons. The van der Waals surface area contributed by atoms with Gasteiger partial charge < -0.3 is 4.74 Å². The second-order valence-corrected chi connectivity index (χ2v) is 3.76. The molecule has 0 heterocycles. The molecule has 3 nitrogen and oxygen atoms in total. The zero-order chi connectivity index (χ0) is 13.0. The first-order chi connectivity index (χ1) is 8.72. The maximum atomic E-state index is 12.0. The maximum Gasteiger partial charge on any atom is 0.233 e. The Labute approximate surface area is 105 Å². The third-order valence-corrected chi connectivity index (χ3v) is 2.57. The lowest BCUT2D eigenvalue weighted by Gasteiger charge is -2.03. The minimum absolute atomic E-state index is 0.336. The van der Waals surface area contributed by atoms with Crippen molar-refractivity contribution < 1.29 is 14.3 Å². The van der Waals surface area contributed by atoms with E-state index < -0.39 is 11.6 Å². The van der Waals surface area contributed by atoms with Crippen molar-refractivity contribution in [1.82, 2.24) is 0 Å². The molecule has 0 aliphatic rings. The Morgan fingerprint density at radius 1 is 0.833 bits per heavy atom. The number of benzene rings is 2. The summed E-state index contributed by atoms with van der Waals surface area (Å²) in [4.78, 5) is 24.0. The summed E-state index contributed by atoms with van der Waals surface area (Å²) >= 11 is 0. The molecule has 0 amide bonds. The van der Waals surface area contributed by atoms with Crippen LogP contribution in [0.3, 0.4) is 0 Å². The van der Waals surface area contributed by atoms with E-state index in [1.54, 1.807) is 54.6 Å². The SMILES string of the molecule is COc1cccc(C(=O)C(=O)c2ccccc2)c1. The Kier molecular flexibility index (Phi) is 3.53. The van der Waals surface area contributed by atoms with Crippen molar-refractivity contribution >= 4 is 11.6 Å². The third kappa shape index (κ3) is 2.46. The average molecular weight is 240 g/mol. The van der Waals surface area contributed by atoms with Gasteiger partial charge in [-0.2, -0.15) is 0 Å². The molecule has 0 saturated carbocycles. The Morgan fingerprint density at radius 2 is 1.44 bits per heavy atom. The van der Waals surface area contributed by atoms with Crippen LogP contribution in [0.15, 0.2) is 54.6 Å². The lowest BCUT2D eigenvalue weighted by molar-refractivity contribution is 0.0817. The Morgan fingerprint density at radius 3 is 2.11 bits per heavy atom. The van der Waals surface area contributed by atoms with Crippen molar-refractivity contribution in [2.24, 2.45) is 0 Å². The molecular formula is C15H12O3. The molecule has 0 unspecified atom stereocenters. The van der Waals surface area contributed by atoms with Gasteiger partial charge >= 0.3 is 0 Å².